The van der Waals surface area contributed by atoms with Gasteiger partial charge in [0.2, 0.25) is 0 Å². The molecule has 3 nitrogen and oxygen atoms in total. The van der Waals surface area contributed by atoms with Gasteiger partial charge in [-0.05, 0) is 75.8 Å². The Kier molecular flexibility index (Phi) is 3.19. The van der Waals surface area contributed by atoms with Gasteiger partial charge in [-0.3, -0.25) is 4.99 Å². The molecule has 1 aliphatic heterocycles. The van der Waals surface area contributed by atoms with Crippen LogP contribution in [0.2, 0.25) is 0 Å². The average Bonchev–Trinajstić information content (AvgIpc) is 3.37. The monoisotopic (exact) mass is 421 g/mol. The van der Waals surface area contributed by atoms with Crippen LogP contribution in [0.1, 0.15) is 11.7 Å². The minimum atomic E-state index is -0.0704. The van der Waals surface area contributed by atoms with Crippen molar-refractivity contribution in [2.24, 2.45) is 4.99 Å². The number of benzene rings is 5. The lowest BCUT2D eigenvalue weighted by atomic mass is 10.00. The van der Waals surface area contributed by atoms with E-state index in [1.54, 1.807) is 0 Å². The predicted molar refractivity (Wildman–Crippen MR) is 140 cm³/mol. The fourth-order valence-corrected chi connectivity index (χ4v) is 5.65. The lowest BCUT2D eigenvalue weighted by Crippen LogP contribution is -2.15. The second kappa shape index (κ2) is 6.11. The van der Waals surface area contributed by atoms with Crippen molar-refractivity contribution in [1.29, 1.82) is 0 Å². The van der Waals surface area contributed by atoms with Crippen LogP contribution in [0.3, 0.4) is 0 Å². The Morgan fingerprint density at radius 3 is 1.70 bits per heavy atom. The van der Waals surface area contributed by atoms with Crippen molar-refractivity contribution in [2.45, 2.75) is 6.17 Å². The molecule has 154 valence electrons. The fourth-order valence-electron chi connectivity index (χ4n) is 5.65. The highest BCUT2D eigenvalue weighted by molar-refractivity contribution is 6.26. The van der Waals surface area contributed by atoms with Gasteiger partial charge in [0.15, 0.2) is 0 Å². The van der Waals surface area contributed by atoms with Crippen LogP contribution < -0.4 is 5.32 Å². The highest BCUT2D eigenvalue weighted by Crippen LogP contribution is 2.43. The minimum absolute atomic E-state index is 0.0704. The number of allylic oxidation sites excluding steroid dienone is 1. The summed E-state index contributed by atoms with van der Waals surface area (Å²) in [5, 5.41) is 13.6. The van der Waals surface area contributed by atoms with E-state index >= 15 is 0 Å². The molecule has 0 radical (unpaired) electrons. The Balaban J connectivity index is 1.62. The zero-order valence-corrected chi connectivity index (χ0v) is 17.8. The standard InChI is InChI=1S/C30H19N3/c1-3-8-20-16-27-23(12-18(20)6-1)25-14-22(30-31-10-5-11-32-30)15-26-24-13-19-7-2-4-9-21(19)17-28(24)33(27)29(25)26/h1-17,30-31H. The van der Waals surface area contributed by atoms with E-state index in [9.17, 15) is 0 Å². The Labute approximate surface area is 189 Å². The van der Waals surface area contributed by atoms with Crippen molar-refractivity contribution in [3.8, 4) is 0 Å². The first-order chi connectivity index (χ1) is 16.3. The molecule has 5 aromatic carbocycles. The number of aromatic nitrogens is 1. The second-order valence-electron chi connectivity index (χ2n) is 8.96. The van der Waals surface area contributed by atoms with Crippen LogP contribution in [0, 0.1) is 0 Å². The van der Waals surface area contributed by atoms with Gasteiger partial charge < -0.3 is 9.72 Å². The van der Waals surface area contributed by atoms with Gasteiger partial charge in [-0.1, -0.05) is 48.5 Å². The molecule has 0 aliphatic carbocycles. The van der Waals surface area contributed by atoms with E-state index in [2.05, 4.69) is 99.6 Å². The van der Waals surface area contributed by atoms with Gasteiger partial charge in [0.05, 0.1) is 16.6 Å². The summed E-state index contributed by atoms with van der Waals surface area (Å²) in [5.74, 6) is 0. The number of nitrogens with one attached hydrogen (secondary N) is 1. The maximum absolute atomic E-state index is 4.69. The number of fused-ring (bicyclic) bond motifs is 8. The van der Waals surface area contributed by atoms with E-state index in [4.69, 9.17) is 0 Å². The van der Waals surface area contributed by atoms with Crippen molar-refractivity contribution in [3.05, 3.63) is 103 Å². The molecule has 0 amide bonds. The van der Waals surface area contributed by atoms with Crippen LogP contribution >= 0.6 is 0 Å². The van der Waals surface area contributed by atoms with E-state index in [-0.39, 0.29) is 6.17 Å². The van der Waals surface area contributed by atoms with E-state index in [1.807, 2.05) is 18.5 Å². The summed E-state index contributed by atoms with van der Waals surface area (Å²) in [6.07, 6.45) is 5.72. The van der Waals surface area contributed by atoms with Gasteiger partial charge in [0, 0.05) is 27.8 Å². The fraction of sp³-hybridized carbons (Fsp3) is 0.0333. The lowest BCUT2D eigenvalue weighted by molar-refractivity contribution is 0.654. The topological polar surface area (TPSA) is 28.8 Å². The van der Waals surface area contributed by atoms with Crippen LogP contribution in [-0.2, 0) is 0 Å². The molecular formula is C30H19N3. The highest BCUT2D eigenvalue weighted by Gasteiger charge is 2.21. The maximum atomic E-state index is 4.69. The lowest BCUT2D eigenvalue weighted by Gasteiger charge is -2.16. The molecule has 0 bridgehead atoms. The smallest absolute Gasteiger partial charge is 0.144 e. The average molecular weight is 422 g/mol. The first kappa shape index (κ1) is 17.2. The number of rotatable bonds is 1. The van der Waals surface area contributed by atoms with Crippen LogP contribution in [0.25, 0.3) is 59.6 Å². The first-order valence-electron chi connectivity index (χ1n) is 11.3. The van der Waals surface area contributed by atoms with Crippen molar-refractivity contribution >= 4 is 65.9 Å². The number of hydrogen-bond donors (Lipinski definition) is 1. The van der Waals surface area contributed by atoms with Crippen molar-refractivity contribution in [2.75, 3.05) is 0 Å². The molecule has 33 heavy (non-hydrogen) atoms. The van der Waals surface area contributed by atoms with Crippen molar-refractivity contribution in [1.82, 2.24) is 9.72 Å². The predicted octanol–water partition coefficient (Wildman–Crippen LogP) is 7.33. The molecule has 1 N–H and O–H groups in total. The summed E-state index contributed by atoms with van der Waals surface area (Å²) < 4.78 is 2.47. The normalized spacial score (nSPS) is 16.2. The summed E-state index contributed by atoms with van der Waals surface area (Å²) in [6.45, 7) is 0. The van der Waals surface area contributed by atoms with Crippen LogP contribution in [0.4, 0.5) is 0 Å². The largest absolute Gasteiger partial charge is 0.366 e. The SMILES string of the molecule is C1=CNC(c2cc3c4cc5ccccc5cc4n4c5cc6ccccc6cc5c(c2)c34)N=C1. The third-order valence-corrected chi connectivity index (χ3v) is 7.13. The maximum Gasteiger partial charge on any atom is 0.144 e. The first-order valence-corrected chi connectivity index (χ1v) is 11.3. The van der Waals surface area contributed by atoms with Gasteiger partial charge in [0.1, 0.15) is 6.17 Å². The van der Waals surface area contributed by atoms with Crippen LogP contribution in [-0.4, -0.2) is 10.6 Å². The zero-order chi connectivity index (χ0) is 21.5. The number of aliphatic imine (C=N–C) groups is 1. The van der Waals surface area contributed by atoms with E-state index in [1.165, 1.54) is 65.2 Å². The molecule has 0 saturated carbocycles. The minimum Gasteiger partial charge on any atom is -0.366 e. The van der Waals surface area contributed by atoms with E-state index in [0.29, 0.717) is 0 Å². The Morgan fingerprint density at radius 2 is 1.18 bits per heavy atom. The van der Waals surface area contributed by atoms with Gasteiger partial charge >= 0.3 is 0 Å². The molecule has 7 aromatic rings. The van der Waals surface area contributed by atoms with E-state index in [0.717, 1.165) is 0 Å². The van der Waals surface area contributed by atoms with Crippen molar-refractivity contribution < 1.29 is 0 Å². The van der Waals surface area contributed by atoms with Crippen molar-refractivity contribution in [3.63, 3.8) is 0 Å². The molecule has 0 saturated heterocycles. The Hall–Kier alpha value is -4.37. The third-order valence-electron chi connectivity index (χ3n) is 7.13. The summed E-state index contributed by atoms with van der Waals surface area (Å²) in [6, 6.07) is 31.3. The highest BCUT2D eigenvalue weighted by atomic mass is 15.1. The third kappa shape index (κ3) is 2.26. The van der Waals surface area contributed by atoms with Gasteiger partial charge in [-0.2, -0.15) is 0 Å². The molecule has 2 aromatic heterocycles. The molecule has 1 unspecified atom stereocenters. The molecule has 3 heterocycles. The van der Waals surface area contributed by atoms with E-state index < -0.39 is 0 Å². The zero-order valence-electron chi connectivity index (χ0n) is 17.8. The summed E-state index contributed by atoms with van der Waals surface area (Å²) in [4.78, 5) is 4.69. The quantitative estimate of drug-likeness (QED) is 0.295. The number of hydrogen-bond acceptors (Lipinski definition) is 2. The van der Waals surface area contributed by atoms with Crippen LogP contribution in [0.5, 0.6) is 0 Å². The molecule has 1 aliphatic rings. The molecule has 0 fully saturated rings. The molecule has 8 rings (SSSR count). The summed E-state index contributed by atoms with van der Waals surface area (Å²) in [5.41, 5.74) is 5.00. The molecule has 0 spiro atoms. The molecule has 3 heteroatoms. The Morgan fingerprint density at radius 1 is 0.636 bits per heavy atom. The van der Waals surface area contributed by atoms with Gasteiger partial charge in [0.25, 0.3) is 0 Å². The second-order valence-corrected chi connectivity index (χ2v) is 8.96. The summed E-state index contributed by atoms with van der Waals surface area (Å²) in [7, 11) is 0. The van der Waals surface area contributed by atoms with Crippen LogP contribution in [0.15, 0.2) is 102 Å². The van der Waals surface area contributed by atoms with Gasteiger partial charge in [-0.25, -0.2) is 0 Å². The Bertz CT molecular complexity index is 1830. The van der Waals surface area contributed by atoms with Gasteiger partial charge in [-0.15, -0.1) is 0 Å². The molecular weight excluding hydrogens is 402 g/mol. The number of nitrogens with zero attached hydrogens (tertiary/aromatic N) is 2. The summed E-state index contributed by atoms with van der Waals surface area (Å²) >= 11 is 0. The molecule has 1 atom stereocenters.